The number of urea groups is 1. The number of rotatable bonds is 3. The molecule has 26 heavy (non-hydrogen) atoms. The van der Waals surface area contributed by atoms with Crippen molar-refractivity contribution in [2.75, 3.05) is 0 Å². The lowest BCUT2D eigenvalue weighted by molar-refractivity contribution is -0.337. The molecular weight excluding hydrogens is 368 g/mol. The van der Waals surface area contributed by atoms with Crippen LogP contribution in [0.3, 0.4) is 0 Å². The summed E-state index contributed by atoms with van der Waals surface area (Å²) >= 11 is 0. The summed E-state index contributed by atoms with van der Waals surface area (Å²) in [6.45, 7) is 3.74. The van der Waals surface area contributed by atoms with Crippen LogP contribution in [0.1, 0.15) is 34.8 Å². The number of benzene rings is 1. The van der Waals surface area contributed by atoms with Crippen LogP contribution in [-0.4, -0.2) is 34.8 Å². The number of hydrogen-bond donors (Lipinski definition) is 2. The molecule has 5 nitrogen and oxygen atoms in total. The molecule has 0 atom stereocenters. The summed E-state index contributed by atoms with van der Waals surface area (Å²) in [5.74, 6) is -1.33. The Morgan fingerprint density at radius 1 is 1.00 bits per heavy atom. The molecule has 0 aliphatic carbocycles. The highest BCUT2D eigenvalue weighted by atomic mass is 19.4. The molecule has 0 spiro atoms. The van der Waals surface area contributed by atoms with E-state index in [-0.39, 0.29) is 5.56 Å². The number of nitrogens with two attached hydrogens (primary N) is 1. The Morgan fingerprint density at radius 3 is 1.73 bits per heavy atom. The Kier molecular flexibility index (Phi) is 5.84. The van der Waals surface area contributed by atoms with Crippen LogP contribution in [0.15, 0.2) is 18.2 Å². The summed E-state index contributed by atoms with van der Waals surface area (Å²) < 4.78 is 80.1. The predicted octanol–water partition coefficient (Wildman–Crippen LogP) is 3.60. The Hall–Kier alpha value is -2.46. The van der Waals surface area contributed by atoms with E-state index in [1.165, 1.54) is 17.6 Å². The minimum atomic E-state index is -5.94. The zero-order chi connectivity index (χ0) is 20.5. The van der Waals surface area contributed by atoms with Crippen LogP contribution in [-0.2, 0) is 0 Å². The van der Waals surface area contributed by atoms with Gasteiger partial charge in [0.2, 0.25) is 0 Å². The molecule has 1 aromatic carbocycles. The molecule has 0 aromatic heterocycles. The van der Waals surface area contributed by atoms with Gasteiger partial charge in [-0.25, -0.2) is 9.80 Å². The van der Waals surface area contributed by atoms with Gasteiger partial charge in [0.05, 0.1) is 0 Å². The lowest BCUT2D eigenvalue weighted by Crippen LogP contribution is -2.73. The molecule has 0 heterocycles. The standard InChI is InChI=1S/C15H17F6N3O2/c1-4-13(14(16,17)18,15(19,20)21)24(12(22)26)23-11(25)10-6-8(2)5-9(3)7-10/h5-7H,4H2,1-3H3,(H2,22,26)(H,23,25). The van der Waals surface area contributed by atoms with E-state index in [1.54, 1.807) is 19.9 Å². The molecule has 3 N–H and O–H groups in total. The minimum absolute atomic E-state index is 0.219. The normalized spacial score (nSPS) is 12.7. The van der Waals surface area contributed by atoms with Crippen molar-refractivity contribution in [3.05, 3.63) is 34.9 Å². The van der Waals surface area contributed by atoms with Crippen molar-refractivity contribution in [3.63, 3.8) is 0 Å². The number of nitrogens with one attached hydrogen (secondary N) is 1. The van der Waals surface area contributed by atoms with Crippen molar-refractivity contribution >= 4 is 11.9 Å². The number of hydrogen-bond acceptors (Lipinski definition) is 2. The zero-order valence-corrected chi connectivity index (χ0v) is 14.0. The molecule has 0 aliphatic rings. The zero-order valence-electron chi connectivity index (χ0n) is 14.0. The van der Waals surface area contributed by atoms with Gasteiger partial charge in [-0.05, 0) is 32.4 Å². The maximum absolute atomic E-state index is 13.3. The van der Waals surface area contributed by atoms with Crippen LogP contribution in [0.4, 0.5) is 31.1 Å². The third-order valence-corrected chi connectivity index (χ3v) is 3.75. The Balaban J connectivity index is 3.45. The summed E-state index contributed by atoms with van der Waals surface area (Å²) in [6, 6.07) is 2.04. The first-order valence-corrected chi connectivity index (χ1v) is 7.29. The second-order valence-electron chi connectivity index (χ2n) is 5.70. The smallest absolute Gasteiger partial charge is 0.350 e. The number of primary amides is 1. The highest BCUT2D eigenvalue weighted by molar-refractivity contribution is 5.95. The lowest BCUT2D eigenvalue weighted by atomic mass is 9.93. The average molecular weight is 385 g/mol. The first-order valence-electron chi connectivity index (χ1n) is 7.29. The summed E-state index contributed by atoms with van der Waals surface area (Å²) in [4.78, 5) is 23.6. The SMILES string of the molecule is CCC(N(NC(=O)c1cc(C)cc(C)c1)C(N)=O)(C(F)(F)F)C(F)(F)F. The molecule has 0 unspecified atom stereocenters. The molecule has 0 aliphatic heterocycles. The van der Waals surface area contributed by atoms with E-state index in [9.17, 15) is 35.9 Å². The number of aryl methyl sites for hydroxylation is 2. The van der Waals surface area contributed by atoms with Crippen molar-refractivity contribution in [1.82, 2.24) is 10.4 Å². The van der Waals surface area contributed by atoms with Gasteiger partial charge in [-0.3, -0.25) is 10.2 Å². The van der Waals surface area contributed by atoms with E-state index in [1.807, 2.05) is 0 Å². The molecule has 3 amide bonds. The highest BCUT2D eigenvalue weighted by Gasteiger charge is 2.74. The number of hydrazine groups is 1. The third kappa shape index (κ3) is 3.86. The van der Waals surface area contributed by atoms with Crippen LogP contribution in [0, 0.1) is 13.8 Å². The number of halogens is 6. The van der Waals surface area contributed by atoms with Gasteiger partial charge < -0.3 is 5.73 Å². The van der Waals surface area contributed by atoms with Crippen LogP contribution in [0.5, 0.6) is 0 Å². The van der Waals surface area contributed by atoms with Gasteiger partial charge in [0, 0.05) is 5.56 Å². The Morgan fingerprint density at radius 2 is 1.42 bits per heavy atom. The highest BCUT2D eigenvalue weighted by Crippen LogP contribution is 2.48. The second-order valence-corrected chi connectivity index (χ2v) is 5.70. The van der Waals surface area contributed by atoms with Crippen molar-refractivity contribution in [2.24, 2.45) is 5.73 Å². The maximum Gasteiger partial charge on any atom is 0.422 e. The molecular formula is C15H17F6N3O2. The minimum Gasteiger partial charge on any atom is -0.350 e. The number of nitrogens with zero attached hydrogens (tertiary/aromatic N) is 1. The van der Waals surface area contributed by atoms with Gasteiger partial charge in [0.25, 0.3) is 11.4 Å². The molecule has 0 bridgehead atoms. The molecule has 1 aromatic rings. The fourth-order valence-electron chi connectivity index (χ4n) is 2.58. The number of amides is 3. The second kappa shape index (κ2) is 7.04. The summed E-state index contributed by atoms with van der Waals surface area (Å²) in [7, 11) is 0. The molecule has 0 fully saturated rings. The van der Waals surface area contributed by atoms with E-state index in [2.05, 4.69) is 0 Å². The Labute approximate surface area is 145 Å². The molecule has 0 saturated carbocycles. The predicted molar refractivity (Wildman–Crippen MR) is 79.9 cm³/mol. The molecule has 0 saturated heterocycles. The van der Waals surface area contributed by atoms with Crippen molar-refractivity contribution in [3.8, 4) is 0 Å². The van der Waals surface area contributed by atoms with E-state index >= 15 is 0 Å². The molecule has 146 valence electrons. The van der Waals surface area contributed by atoms with Gasteiger partial charge in [-0.2, -0.15) is 26.3 Å². The number of carbonyl (C=O) groups excluding carboxylic acids is 2. The van der Waals surface area contributed by atoms with Crippen molar-refractivity contribution < 1.29 is 35.9 Å². The Bertz CT molecular complexity index is 665. The first kappa shape index (κ1) is 21.6. The van der Waals surface area contributed by atoms with Crippen LogP contribution < -0.4 is 11.2 Å². The number of carbonyl (C=O) groups is 2. The maximum atomic E-state index is 13.3. The van der Waals surface area contributed by atoms with E-state index < -0.39 is 41.3 Å². The van der Waals surface area contributed by atoms with Gasteiger partial charge in [-0.1, -0.05) is 24.1 Å². The van der Waals surface area contributed by atoms with Gasteiger partial charge in [0.15, 0.2) is 0 Å². The van der Waals surface area contributed by atoms with E-state index in [0.717, 1.165) is 0 Å². The first-order chi connectivity index (χ1) is 11.7. The topological polar surface area (TPSA) is 75.4 Å². The van der Waals surface area contributed by atoms with Crippen LogP contribution in [0.2, 0.25) is 0 Å². The fourth-order valence-corrected chi connectivity index (χ4v) is 2.58. The molecule has 11 heteroatoms. The summed E-state index contributed by atoms with van der Waals surface area (Å²) in [5.41, 5.74) is 2.34. The van der Waals surface area contributed by atoms with Crippen molar-refractivity contribution in [2.45, 2.75) is 45.1 Å². The van der Waals surface area contributed by atoms with Crippen LogP contribution in [0.25, 0.3) is 0 Å². The molecule has 1 rings (SSSR count). The van der Waals surface area contributed by atoms with Crippen LogP contribution >= 0.6 is 0 Å². The van der Waals surface area contributed by atoms with Gasteiger partial charge in [0.1, 0.15) is 0 Å². The van der Waals surface area contributed by atoms with Gasteiger partial charge in [-0.15, -0.1) is 0 Å². The summed E-state index contributed by atoms with van der Waals surface area (Å²) in [6.07, 6.45) is -13.5. The average Bonchev–Trinajstić information content (AvgIpc) is 2.42. The van der Waals surface area contributed by atoms with Gasteiger partial charge >= 0.3 is 18.4 Å². The van der Waals surface area contributed by atoms with Crippen molar-refractivity contribution in [1.29, 1.82) is 0 Å². The van der Waals surface area contributed by atoms with E-state index in [0.29, 0.717) is 18.1 Å². The quantitative estimate of drug-likeness (QED) is 0.616. The molecule has 0 radical (unpaired) electrons. The lowest BCUT2D eigenvalue weighted by Gasteiger charge is -2.43. The third-order valence-electron chi connectivity index (χ3n) is 3.75. The number of alkyl halides is 6. The fraction of sp³-hybridized carbons (Fsp3) is 0.467. The summed E-state index contributed by atoms with van der Waals surface area (Å²) in [5, 5.41) is -0.896. The van der Waals surface area contributed by atoms with E-state index in [4.69, 9.17) is 5.73 Å². The largest absolute Gasteiger partial charge is 0.422 e. The monoisotopic (exact) mass is 385 g/mol.